The van der Waals surface area contributed by atoms with Gasteiger partial charge in [0.1, 0.15) is 0 Å². The van der Waals surface area contributed by atoms with Gasteiger partial charge in [0.15, 0.2) is 0 Å². The molecule has 0 bridgehead atoms. The van der Waals surface area contributed by atoms with Crippen molar-refractivity contribution in [2.24, 2.45) is 5.73 Å². The Hall–Kier alpha value is -3.37. The van der Waals surface area contributed by atoms with Crippen molar-refractivity contribution in [3.63, 3.8) is 0 Å². The molecular formula is C23H22N2O2. The molecule has 4 heteroatoms. The molecule has 0 fully saturated rings. The minimum atomic E-state index is -0.940. The second kappa shape index (κ2) is 8.34. The van der Waals surface area contributed by atoms with E-state index >= 15 is 0 Å². The zero-order valence-electron chi connectivity index (χ0n) is 15.1. The highest BCUT2D eigenvalue weighted by atomic mass is 16.4. The van der Waals surface area contributed by atoms with E-state index < -0.39 is 6.09 Å². The van der Waals surface area contributed by atoms with Gasteiger partial charge in [-0.2, -0.15) is 0 Å². The Morgan fingerprint density at radius 2 is 1.33 bits per heavy atom. The first-order valence-corrected chi connectivity index (χ1v) is 8.73. The number of nitrogens with two attached hydrogens (primary N) is 1. The molecule has 3 aromatic carbocycles. The number of rotatable bonds is 2. The average Bonchev–Trinajstić information content (AvgIpc) is 3.07. The highest BCUT2D eigenvalue weighted by Crippen LogP contribution is 2.20. The second-order valence-electron chi connectivity index (χ2n) is 6.28. The van der Waals surface area contributed by atoms with Gasteiger partial charge >= 0.3 is 6.09 Å². The lowest BCUT2D eigenvalue weighted by molar-refractivity contribution is 0.197. The van der Waals surface area contributed by atoms with E-state index in [9.17, 15) is 4.79 Å². The average molecular weight is 358 g/mol. The molecule has 4 aromatic rings. The lowest BCUT2D eigenvalue weighted by atomic mass is 10.00. The van der Waals surface area contributed by atoms with Crippen LogP contribution in [-0.2, 0) is 0 Å². The Morgan fingerprint density at radius 1 is 0.852 bits per heavy atom. The van der Waals surface area contributed by atoms with Crippen LogP contribution in [0.25, 0.3) is 10.9 Å². The van der Waals surface area contributed by atoms with E-state index in [0.29, 0.717) is 0 Å². The maximum Gasteiger partial charge on any atom is 0.416 e. The molecule has 3 N–H and O–H groups in total. The van der Waals surface area contributed by atoms with Crippen molar-refractivity contribution in [2.45, 2.75) is 13.0 Å². The minimum Gasteiger partial charge on any atom is -0.464 e. The summed E-state index contributed by atoms with van der Waals surface area (Å²) in [5.41, 5.74) is 10.1. The van der Waals surface area contributed by atoms with Crippen LogP contribution >= 0.6 is 0 Å². The Morgan fingerprint density at radius 3 is 1.85 bits per heavy atom. The molecule has 0 aliphatic rings. The number of carbonyl (C=O) groups is 1. The minimum absolute atomic E-state index is 0.0163. The maximum absolute atomic E-state index is 10.8. The third-order valence-corrected chi connectivity index (χ3v) is 4.43. The van der Waals surface area contributed by atoms with Crippen LogP contribution < -0.4 is 5.73 Å². The zero-order valence-corrected chi connectivity index (χ0v) is 15.1. The van der Waals surface area contributed by atoms with Gasteiger partial charge in [0.2, 0.25) is 0 Å². The molecule has 4 nitrogen and oxygen atoms in total. The first-order valence-electron chi connectivity index (χ1n) is 8.73. The van der Waals surface area contributed by atoms with Gasteiger partial charge in [-0.15, -0.1) is 0 Å². The van der Waals surface area contributed by atoms with Crippen molar-refractivity contribution in [1.29, 1.82) is 0 Å². The van der Waals surface area contributed by atoms with Crippen LogP contribution in [-0.4, -0.2) is 15.8 Å². The number of hydrogen-bond donors (Lipinski definition) is 2. The van der Waals surface area contributed by atoms with Crippen LogP contribution in [0.15, 0.2) is 91.1 Å². The number of para-hydroxylation sites is 1. The highest BCUT2D eigenvalue weighted by Gasteiger charge is 2.08. The smallest absolute Gasteiger partial charge is 0.416 e. The van der Waals surface area contributed by atoms with Gasteiger partial charge in [0.25, 0.3) is 0 Å². The molecule has 0 aliphatic carbocycles. The molecule has 0 saturated carbocycles. The number of aryl methyl sites for hydroxylation is 1. The number of carboxylic acid groups (broad SMARTS) is 1. The number of nitrogens with zero attached hydrogens (tertiary/aromatic N) is 1. The standard InChI is InChI=1S/C13H13N.C10H9NO2/c14-13(11-7-3-1-4-8-11)12-9-5-2-6-10-12;1-7-6-11(10(12)13)9-5-3-2-4-8(7)9/h1-10,13H,14H2;2-6H,1H3,(H,12,13). The maximum atomic E-state index is 10.8. The number of benzene rings is 3. The van der Waals surface area contributed by atoms with Crippen LogP contribution in [0.4, 0.5) is 4.79 Å². The van der Waals surface area contributed by atoms with E-state index in [1.54, 1.807) is 12.3 Å². The topological polar surface area (TPSA) is 68.2 Å². The largest absolute Gasteiger partial charge is 0.464 e. The van der Waals surface area contributed by atoms with Gasteiger partial charge < -0.3 is 10.8 Å². The van der Waals surface area contributed by atoms with Crippen molar-refractivity contribution in [3.05, 3.63) is 108 Å². The summed E-state index contributed by atoms with van der Waals surface area (Å²) in [6.07, 6.45) is 0.691. The van der Waals surface area contributed by atoms with E-state index in [0.717, 1.165) is 27.6 Å². The Bertz CT molecular complexity index is 985. The third-order valence-electron chi connectivity index (χ3n) is 4.43. The first kappa shape index (κ1) is 18.4. The number of aromatic nitrogens is 1. The normalized spacial score (nSPS) is 10.5. The van der Waals surface area contributed by atoms with Crippen LogP contribution in [0.1, 0.15) is 22.7 Å². The summed E-state index contributed by atoms with van der Waals surface area (Å²) >= 11 is 0. The lowest BCUT2D eigenvalue weighted by Gasteiger charge is -2.11. The van der Waals surface area contributed by atoms with Gasteiger partial charge in [-0.05, 0) is 29.7 Å². The van der Waals surface area contributed by atoms with Crippen LogP contribution in [0, 0.1) is 6.92 Å². The van der Waals surface area contributed by atoms with Crippen LogP contribution in [0.2, 0.25) is 0 Å². The summed E-state index contributed by atoms with van der Waals surface area (Å²) in [5, 5.41) is 9.85. The first-order chi connectivity index (χ1) is 13.1. The van der Waals surface area contributed by atoms with E-state index in [1.165, 1.54) is 4.57 Å². The Balaban J connectivity index is 0.000000156. The highest BCUT2D eigenvalue weighted by molar-refractivity contribution is 5.91. The van der Waals surface area contributed by atoms with Crippen molar-refractivity contribution in [1.82, 2.24) is 4.57 Å². The molecule has 136 valence electrons. The van der Waals surface area contributed by atoms with Crippen molar-refractivity contribution in [3.8, 4) is 0 Å². The number of hydrogen-bond acceptors (Lipinski definition) is 2. The molecular weight excluding hydrogens is 336 g/mol. The van der Waals surface area contributed by atoms with E-state index in [-0.39, 0.29) is 6.04 Å². The SMILES string of the molecule is Cc1cn(C(=O)O)c2ccccc12.NC(c1ccccc1)c1ccccc1. The molecule has 0 radical (unpaired) electrons. The van der Waals surface area contributed by atoms with Gasteiger partial charge in [0.05, 0.1) is 11.6 Å². The summed E-state index contributed by atoms with van der Waals surface area (Å²) in [6.45, 7) is 1.90. The van der Waals surface area contributed by atoms with Crippen molar-refractivity contribution >= 4 is 17.0 Å². The molecule has 4 rings (SSSR count). The van der Waals surface area contributed by atoms with Crippen LogP contribution in [0.5, 0.6) is 0 Å². The molecule has 0 unspecified atom stereocenters. The van der Waals surface area contributed by atoms with Crippen molar-refractivity contribution < 1.29 is 9.90 Å². The summed E-state index contributed by atoms with van der Waals surface area (Å²) < 4.78 is 1.24. The lowest BCUT2D eigenvalue weighted by Crippen LogP contribution is -2.11. The molecule has 27 heavy (non-hydrogen) atoms. The molecule has 0 saturated heterocycles. The molecule has 0 spiro atoms. The quantitative estimate of drug-likeness (QED) is 0.517. The summed E-state index contributed by atoms with van der Waals surface area (Å²) in [5.74, 6) is 0. The van der Waals surface area contributed by atoms with Gasteiger partial charge in [-0.1, -0.05) is 78.9 Å². The van der Waals surface area contributed by atoms with E-state index in [1.807, 2.05) is 61.5 Å². The van der Waals surface area contributed by atoms with Crippen molar-refractivity contribution in [2.75, 3.05) is 0 Å². The summed E-state index contributed by atoms with van der Waals surface area (Å²) in [6, 6.07) is 27.7. The molecule has 0 aliphatic heterocycles. The summed E-state index contributed by atoms with van der Waals surface area (Å²) in [7, 11) is 0. The molecule has 0 atom stereocenters. The fourth-order valence-electron chi connectivity index (χ4n) is 3.02. The van der Waals surface area contributed by atoms with E-state index in [2.05, 4.69) is 24.3 Å². The summed E-state index contributed by atoms with van der Waals surface area (Å²) in [4.78, 5) is 10.8. The number of fused-ring (bicyclic) bond motifs is 1. The second-order valence-corrected chi connectivity index (χ2v) is 6.28. The predicted octanol–water partition coefficient (Wildman–Crippen LogP) is 5.21. The Labute approximate surface area is 158 Å². The van der Waals surface area contributed by atoms with E-state index in [4.69, 9.17) is 10.8 Å². The van der Waals surface area contributed by atoms with Gasteiger partial charge in [-0.25, -0.2) is 4.79 Å². The third kappa shape index (κ3) is 4.25. The fraction of sp³-hybridized carbons (Fsp3) is 0.0870. The molecule has 1 aromatic heterocycles. The van der Waals surface area contributed by atoms with Gasteiger partial charge in [0, 0.05) is 11.6 Å². The Kier molecular flexibility index (Phi) is 5.69. The molecule has 1 heterocycles. The zero-order chi connectivity index (χ0) is 19.2. The predicted molar refractivity (Wildman–Crippen MR) is 109 cm³/mol. The van der Waals surface area contributed by atoms with Crippen LogP contribution in [0.3, 0.4) is 0 Å². The fourth-order valence-corrected chi connectivity index (χ4v) is 3.02. The van der Waals surface area contributed by atoms with Gasteiger partial charge in [-0.3, -0.25) is 4.57 Å². The monoisotopic (exact) mass is 358 g/mol. The molecule has 0 amide bonds.